The van der Waals surface area contributed by atoms with Gasteiger partial charge in [0.15, 0.2) is 0 Å². The molecule has 0 radical (unpaired) electrons. The van der Waals surface area contributed by atoms with Gasteiger partial charge in [0.25, 0.3) is 0 Å². The van der Waals surface area contributed by atoms with Crippen LogP contribution in [0, 0.1) is 12.8 Å². The van der Waals surface area contributed by atoms with Crippen molar-refractivity contribution in [3.05, 3.63) is 12.8 Å². The first-order valence-electron chi connectivity index (χ1n) is 3.70. The molecule has 0 fully saturated rings. The monoisotopic (exact) mass is 368 g/mol. The summed E-state index contributed by atoms with van der Waals surface area (Å²) in [6.07, 6.45) is 4.00. The van der Waals surface area contributed by atoms with Gasteiger partial charge < -0.3 is 74.0 Å². The SMILES string of the molecule is C[CH-]C.C[CH-]C.NC(=S)[S-].NC(=S)[S-].[Mo+4]. The topological polar surface area (TPSA) is 52.0 Å². The maximum absolute atomic E-state index is 4.66. The summed E-state index contributed by atoms with van der Waals surface area (Å²) in [5, 5.41) is 0. The molecule has 15 heavy (non-hydrogen) atoms. The summed E-state index contributed by atoms with van der Waals surface area (Å²) in [7, 11) is 0. The Kier molecular flexibility index (Phi) is 72.0. The summed E-state index contributed by atoms with van der Waals surface area (Å²) < 4.78 is 0.167. The van der Waals surface area contributed by atoms with E-state index in [-0.39, 0.29) is 29.7 Å². The molecule has 7 heteroatoms. The normalized spacial score (nSPS) is 5.60. The zero-order valence-electron chi connectivity index (χ0n) is 9.35. The molecule has 0 bridgehead atoms. The third kappa shape index (κ3) is 3010. The molecule has 0 atom stereocenters. The molecular weight excluding hydrogens is 348 g/mol. The van der Waals surface area contributed by atoms with Crippen LogP contribution in [0.4, 0.5) is 0 Å². The van der Waals surface area contributed by atoms with Crippen LogP contribution >= 0.6 is 24.4 Å². The van der Waals surface area contributed by atoms with Gasteiger partial charge in [-0.05, 0) is 0 Å². The van der Waals surface area contributed by atoms with Gasteiger partial charge in [0.2, 0.25) is 0 Å². The maximum atomic E-state index is 4.66. The summed E-state index contributed by atoms with van der Waals surface area (Å²) in [6, 6.07) is 0. The second kappa shape index (κ2) is 36.3. The largest absolute Gasteiger partial charge is 4.00 e. The quantitative estimate of drug-likeness (QED) is 0.296. The standard InChI is InChI=1S/2C3H7.2CH3NS2.Mo/c2*1-3-2;2*2-1(3)4;/h2*3H,1-2H3;2*(H3,2,3,4);/q2*-1;;;+4/p-2. The molecule has 2 nitrogen and oxygen atoms in total. The van der Waals surface area contributed by atoms with Crippen LogP contribution in [0.2, 0.25) is 0 Å². The van der Waals surface area contributed by atoms with Crippen molar-refractivity contribution < 1.29 is 21.1 Å². The van der Waals surface area contributed by atoms with E-state index in [4.69, 9.17) is 0 Å². The van der Waals surface area contributed by atoms with E-state index in [1.54, 1.807) is 0 Å². The van der Waals surface area contributed by atoms with Gasteiger partial charge in [-0.25, -0.2) is 0 Å². The van der Waals surface area contributed by atoms with Crippen LogP contribution in [0.1, 0.15) is 27.7 Å². The predicted molar refractivity (Wildman–Crippen MR) is 79.6 cm³/mol. The summed E-state index contributed by atoms with van der Waals surface area (Å²) >= 11 is 16.5. The summed E-state index contributed by atoms with van der Waals surface area (Å²) in [6.45, 7) is 8.00. The molecular formula is C8H18MoN2S4. The van der Waals surface area contributed by atoms with Crippen LogP contribution in [-0.2, 0) is 46.3 Å². The Hall–Kier alpha value is 0.908. The molecule has 0 heterocycles. The fraction of sp³-hybridized carbons (Fsp3) is 0.500. The molecule has 0 aliphatic heterocycles. The molecule has 0 spiro atoms. The van der Waals surface area contributed by atoms with E-state index in [9.17, 15) is 0 Å². The molecule has 0 amide bonds. The molecule has 0 saturated carbocycles. The van der Waals surface area contributed by atoms with Crippen molar-refractivity contribution in [2.75, 3.05) is 0 Å². The summed E-state index contributed by atoms with van der Waals surface area (Å²) in [5.74, 6) is 0. The average molecular weight is 366 g/mol. The molecule has 4 N–H and O–H groups in total. The van der Waals surface area contributed by atoms with Crippen molar-refractivity contribution in [1.82, 2.24) is 0 Å². The van der Waals surface area contributed by atoms with E-state index in [0.717, 1.165) is 0 Å². The fourth-order valence-electron chi connectivity index (χ4n) is 0. The number of hydrogen-bond donors (Lipinski definition) is 2. The smallest absolute Gasteiger partial charge is 0.415 e. The van der Waals surface area contributed by atoms with Crippen LogP contribution in [-0.4, -0.2) is 8.64 Å². The zero-order chi connectivity index (χ0) is 12.6. The van der Waals surface area contributed by atoms with Gasteiger partial charge in [0, 0.05) is 0 Å². The first kappa shape index (κ1) is 29.7. The average Bonchev–Trinajstić information content (AvgIpc) is 1.85. The summed E-state index contributed by atoms with van der Waals surface area (Å²) in [5.41, 5.74) is 9.31. The van der Waals surface area contributed by atoms with Crippen molar-refractivity contribution in [2.24, 2.45) is 11.5 Å². The first-order chi connectivity index (χ1) is 6.29. The molecule has 0 aliphatic carbocycles. The van der Waals surface area contributed by atoms with Crippen molar-refractivity contribution in [3.8, 4) is 0 Å². The molecule has 0 unspecified atom stereocenters. The van der Waals surface area contributed by atoms with Crippen molar-refractivity contribution in [1.29, 1.82) is 0 Å². The Balaban J connectivity index is -0.0000000293. The van der Waals surface area contributed by atoms with Gasteiger partial charge in [-0.3, -0.25) is 0 Å². The van der Waals surface area contributed by atoms with Gasteiger partial charge in [-0.1, -0.05) is 8.64 Å². The van der Waals surface area contributed by atoms with E-state index in [1.165, 1.54) is 0 Å². The molecule has 0 aromatic carbocycles. The number of nitrogens with two attached hydrogens (primary N) is 2. The number of hydrogen-bond acceptors (Lipinski definition) is 4. The van der Waals surface area contributed by atoms with E-state index in [0.29, 0.717) is 0 Å². The van der Waals surface area contributed by atoms with Crippen LogP contribution in [0.25, 0.3) is 0 Å². The van der Waals surface area contributed by atoms with E-state index >= 15 is 0 Å². The number of thiocarbonyl (C=S) groups is 2. The Morgan fingerprint density at radius 1 is 0.867 bits per heavy atom. The van der Waals surface area contributed by atoms with E-state index in [2.05, 4.69) is 61.2 Å². The molecule has 0 aliphatic rings. The molecule has 0 saturated heterocycles. The van der Waals surface area contributed by atoms with E-state index in [1.807, 2.05) is 40.5 Å². The van der Waals surface area contributed by atoms with Crippen molar-refractivity contribution in [3.63, 3.8) is 0 Å². The van der Waals surface area contributed by atoms with Crippen molar-refractivity contribution >= 4 is 58.3 Å². The Labute approximate surface area is 130 Å². The third-order valence-corrected chi connectivity index (χ3v) is 0. The van der Waals surface area contributed by atoms with Crippen LogP contribution in [0.3, 0.4) is 0 Å². The first-order valence-corrected chi connectivity index (χ1v) is 5.34. The van der Waals surface area contributed by atoms with Gasteiger partial charge >= 0.3 is 21.1 Å². The zero-order valence-corrected chi connectivity index (χ0v) is 14.6. The Morgan fingerprint density at radius 2 is 0.867 bits per heavy atom. The van der Waals surface area contributed by atoms with Gasteiger partial charge in [-0.2, -0.15) is 27.7 Å². The number of rotatable bonds is 0. The molecule has 90 valence electrons. The molecule has 0 aromatic heterocycles. The molecule has 0 aromatic rings. The molecule has 0 rings (SSSR count). The maximum Gasteiger partial charge on any atom is 4.00 e. The van der Waals surface area contributed by atoms with Crippen LogP contribution in [0.15, 0.2) is 0 Å². The minimum atomic E-state index is 0. The fourth-order valence-corrected chi connectivity index (χ4v) is 0. The summed E-state index contributed by atoms with van der Waals surface area (Å²) in [4.78, 5) is 0. The Morgan fingerprint density at radius 3 is 0.867 bits per heavy atom. The Bertz CT molecular complexity index is 101. The van der Waals surface area contributed by atoms with E-state index < -0.39 is 0 Å². The third-order valence-electron chi connectivity index (χ3n) is 0. The van der Waals surface area contributed by atoms with Crippen LogP contribution in [0.5, 0.6) is 0 Å². The minimum absolute atomic E-state index is 0. The second-order valence-corrected chi connectivity index (χ2v) is 4.07. The van der Waals surface area contributed by atoms with Gasteiger partial charge in [0.1, 0.15) is 0 Å². The predicted octanol–water partition coefficient (Wildman–Crippen LogP) is 2.01. The van der Waals surface area contributed by atoms with Crippen molar-refractivity contribution in [2.45, 2.75) is 27.7 Å². The minimum Gasteiger partial charge on any atom is -0.415 e. The van der Waals surface area contributed by atoms with Gasteiger partial charge in [-0.15, -0.1) is 0 Å². The van der Waals surface area contributed by atoms with Crippen LogP contribution < -0.4 is 11.5 Å². The van der Waals surface area contributed by atoms with Gasteiger partial charge in [0.05, 0.1) is 0 Å². The second-order valence-electron chi connectivity index (χ2n) is 1.79.